The van der Waals surface area contributed by atoms with Gasteiger partial charge in [0.05, 0.1) is 6.04 Å². The van der Waals surface area contributed by atoms with Crippen LogP contribution < -0.4 is 0 Å². The summed E-state index contributed by atoms with van der Waals surface area (Å²) >= 11 is 1.91. The van der Waals surface area contributed by atoms with Crippen molar-refractivity contribution in [3.05, 3.63) is 29.6 Å². The first-order valence-electron chi connectivity index (χ1n) is 6.57. The van der Waals surface area contributed by atoms with Crippen LogP contribution in [0.2, 0.25) is 0 Å². The molecular formula is C14H17N3O2S. The van der Waals surface area contributed by atoms with Gasteiger partial charge in [-0.3, -0.25) is 4.90 Å². The lowest BCUT2D eigenvalue weighted by atomic mass is 10.1. The van der Waals surface area contributed by atoms with Gasteiger partial charge in [0.25, 0.3) is 5.89 Å². The van der Waals surface area contributed by atoms with Gasteiger partial charge < -0.3 is 9.63 Å². The molecule has 1 atom stereocenters. The minimum atomic E-state index is 0.199. The van der Waals surface area contributed by atoms with E-state index in [0.29, 0.717) is 5.89 Å². The molecule has 2 heterocycles. The molecule has 0 aliphatic carbocycles. The highest BCUT2D eigenvalue weighted by Gasteiger charge is 2.26. The highest BCUT2D eigenvalue weighted by Crippen LogP contribution is 2.29. The van der Waals surface area contributed by atoms with E-state index in [-0.39, 0.29) is 11.8 Å². The van der Waals surface area contributed by atoms with Crippen molar-refractivity contribution in [2.75, 3.05) is 25.1 Å². The van der Waals surface area contributed by atoms with Crippen LogP contribution in [0.15, 0.2) is 22.7 Å². The fourth-order valence-corrected chi connectivity index (χ4v) is 3.40. The Kier molecular flexibility index (Phi) is 3.67. The van der Waals surface area contributed by atoms with Crippen LogP contribution in [0.1, 0.15) is 17.4 Å². The van der Waals surface area contributed by atoms with Gasteiger partial charge in [-0.1, -0.05) is 11.2 Å². The molecule has 1 aliphatic rings. The summed E-state index contributed by atoms with van der Waals surface area (Å²) < 4.78 is 5.34. The van der Waals surface area contributed by atoms with Gasteiger partial charge in [0.15, 0.2) is 5.82 Å². The monoisotopic (exact) mass is 291 g/mol. The van der Waals surface area contributed by atoms with Crippen LogP contribution in [0.4, 0.5) is 0 Å². The molecule has 0 radical (unpaired) electrons. The Morgan fingerprint density at radius 3 is 3.05 bits per heavy atom. The topological polar surface area (TPSA) is 62.4 Å². The molecule has 20 heavy (non-hydrogen) atoms. The minimum Gasteiger partial charge on any atom is -0.508 e. The standard InChI is InChI=1S/C14H17N3O2S/c1-9-3-4-10(7-12(9)18)14-15-13(16-19-14)11-8-20-6-5-17(11)2/h3-4,7,11,18H,5-6,8H2,1-2H3. The summed E-state index contributed by atoms with van der Waals surface area (Å²) in [6.45, 7) is 2.89. The summed E-state index contributed by atoms with van der Waals surface area (Å²) in [7, 11) is 2.08. The quantitative estimate of drug-likeness (QED) is 0.917. The van der Waals surface area contributed by atoms with Crippen LogP contribution in [0.25, 0.3) is 11.5 Å². The first kappa shape index (κ1) is 13.5. The number of hydrogen-bond donors (Lipinski definition) is 1. The molecule has 1 N–H and O–H groups in total. The van der Waals surface area contributed by atoms with E-state index in [4.69, 9.17) is 4.52 Å². The number of aryl methyl sites for hydroxylation is 1. The number of hydrogen-bond acceptors (Lipinski definition) is 6. The maximum atomic E-state index is 9.76. The lowest BCUT2D eigenvalue weighted by Crippen LogP contribution is -2.33. The van der Waals surface area contributed by atoms with Crippen molar-refractivity contribution in [3.8, 4) is 17.2 Å². The van der Waals surface area contributed by atoms with E-state index in [0.717, 1.165) is 35.0 Å². The van der Waals surface area contributed by atoms with Crippen molar-refractivity contribution in [1.82, 2.24) is 15.0 Å². The minimum absolute atomic E-state index is 0.199. The van der Waals surface area contributed by atoms with Crippen molar-refractivity contribution >= 4 is 11.8 Å². The molecule has 6 heteroatoms. The Bertz CT molecular complexity index is 614. The fraction of sp³-hybridized carbons (Fsp3) is 0.429. The third-order valence-electron chi connectivity index (χ3n) is 3.59. The average Bonchev–Trinajstić information content (AvgIpc) is 2.92. The van der Waals surface area contributed by atoms with E-state index in [9.17, 15) is 5.11 Å². The zero-order chi connectivity index (χ0) is 14.1. The lowest BCUT2D eigenvalue weighted by molar-refractivity contribution is 0.257. The van der Waals surface area contributed by atoms with Crippen LogP contribution in [-0.2, 0) is 0 Å². The number of phenolic OH excluding ortho intramolecular Hbond substituents is 1. The summed E-state index contributed by atoms with van der Waals surface area (Å²) in [5.74, 6) is 3.54. The largest absolute Gasteiger partial charge is 0.508 e. The molecule has 106 valence electrons. The van der Waals surface area contributed by atoms with Crippen molar-refractivity contribution in [2.24, 2.45) is 0 Å². The Balaban J connectivity index is 1.87. The molecule has 1 saturated heterocycles. The highest BCUT2D eigenvalue weighted by molar-refractivity contribution is 7.99. The first-order valence-corrected chi connectivity index (χ1v) is 7.72. The zero-order valence-electron chi connectivity index (χ0n) is 11.5. The van der Waals surface area contributed by atoms with Crippen molar-refractivity contribution in [1.29, 1.82) is 0 Å². The molecule has 1 unspecified atom stereocenters. The Morgan fingerprint density at radius 1 is 1.45 bits per heavy atom. The van der Waals surface area contributed by atoms with E-state index < -0.39 is 0 Å². The predicted molar refractivity (Wildman–Crippen MR) is 78.8 cm³/mol. The summed E-state index contributed by atoms with van der Waals surface area (Å²) in [5.41, 5.74) is 1.58. The van der Waals surface area contributed by atoms with Gasteiger partial charge in [-0.15, -0.1) is 0 Å². The molecule has 0 saturated carbocycles. The van der Waals surface area contributed by atoms with Gasteiger partial charge in [-0.25, -0.2) is 0 Å². The zero-order valence-corrected chi connectivity index (χ0v) is 12.4. The number of thioether (sulfide) groups is 1. The molecular weight excluding hydrogens is 274 g/mol. The lowest BCUT2D eigenvalue weighted by Gasteiger charge is -2.29. The molecule has 5 nitrogen and oxygen atoms in total. The molecule has 0 amide bonds. The molecule has 1 aliphatic heterocycles. The maximum Gasteiger partial charge on any atom is 0.258 e. The second kappa shape index (κ2) is 5.46. The van der Waals surface area contributed by atoms with Gasteiger partial charge in [0.1, 0.15) is 5.75 Å². The van der Waals surface area contributed by atoms with Crippen LogP contribution >= 0.6 is 11.8 Å². The Hall–Kier alpha value is -1.53. The highest BCUT2D eigenvalue weighted by atomic mass is 32.2. The number of rotatable bonds is 2. The molecule has 1 aromatic heterocycles. The normalized spacial score (nSPS) is 20.2. The van der Waals surface area contributed by atoms with Gasteiger partial charge in [-0.05, 0) is 31.7 Å². The van der Waals surface area contributed by atoms with Gasteiger partial charge in [0.2, 0.25) is 0 Å². The van der Waals surface area contributed by atoms with E-state index >= 15 is 0 Å². The molecule has 2 aromatic rings. The molecule has 0 bridgehead atoms. The fourth-order valence-electron chi connectivity index (χ4n) is 2.19. The van der Waals surface area contributed by atoms with Crippen molar-refractivity contribution in [2.45, 2.75) is 13.0 Å². The number of phenols is 1. The molecule has 0 spiro atoms. The molecule has 1 aromatic carbocycles. The van der Waals surface area contributed by atoms with E-state index in [1.165, 1.54) is 0 Å². The summed E-state index contributed by atoms with van der Waals surface area (Å²) in [4.78, 5) is 6.73. The summed E-state index contributed by atoms with van der Waals surface area (Å²) in [5, 5.41) is 13.9. The number of aromatic nitrogens is 2. The average molecular weight is 291 g/mol. The third-order valence-corrected chi connectivity index (χ3v) is 4.61. The van der Waals surface area contributed by atoms with E-state index in [2.05, 4.69) is 22.1 Å². The predicted octanol–water partition coefficient (Wildman–Crippen LogP) is 2.47. The smallest absolute Gasteiger partial charge is 0.258 e. The van der Waals surface area contributed by atoms with Gasteiger partial charge in [0, 0.05) is 23.6 Å². The second-order valence-electron chi connectivity index (χ2n) is 5.03. The van der Waals surface area contributed by atoms with Crippen LogP contribution in [0, 0.1) is 6.92 Å². The molecule has 3 rings (SSSR count). The van der Waals surface area contributed by atoms with Gasteiger partial charge in [-0.2, -0.15) is 16.7 Å². The number of benzene rings is 1. The van der Waals surface area contributed by atoms with E-state index in [1.54, 1.807) is 6.07 Å². The van der Waals surface area contributed by atoms with E-state index in [1.807, 2.05) is 30.8 Å². The Labute approximate surface area is 122 Å². The number of nitrogens with zero attached hydrogens (tertiary/aromatic N) is 3. The van der Waals surface area contributed by atoms with Crippen LogP contribution in [-0.4, -0.2) is 45.2 Å². The SMILES string of the molecule is Cc1ccc(-c2nc(C3CSCCN3C)no2)cc1O. The van der Waals surface area contributed by atoms with Crippen molar-refractivity contribution in [3.63, 3.8) is 0 Å². The van der Waals surface area contributed by atoms with Gasteiger partial charge >= 0.3 is 0 Å². The molecule has 1 fully saturated rings. The maximum absolute atomic E-state index is 9.76. The first-order chi connectivity index (χ1) is 9.65. The summed E-state index contributed by atoms with van der Waals surface area (Å²) in [6, 6.07) is 5.58. The number of aromatic hydroxyl groups is 1. The second-order valence-corrected chi connectivity index (χ2v) is 6.18. The third kappa shape index (κ3) is 2.53. The Morgan fingerprint density at radius 2 is 2.30 bits per heavy atom. The van der Waals surface area contributed by atoms with Crippen LogP contribution in [0.5, 0.6) is 5.75 Å². The summed E-state index contributed by atoms with van der Waals surface area (Å²) in [6.07, 6.45) is 0. The van der Waals surface area contributed by atoms with Crippen molar-refractivity contribution < 1.29 is 9.63 Å². The van der Waals surface area contributed by atoms with Crippen LogP contribution in [0.3, 0.4) is 0 Å².